The van der Waals surface area contributed by atoms with Crippen molar-refractivity contribution in [2.75, 3.05) is 10.6 Å². The summed E-state index contributed by atoms with van der Waals surface area (Å²) in [5, 5.41) is 5.71. The lowest BCUT2D eigenvalue weighted by Crippen LogP contribution is -2.50. The summed E-state index contributed by atoms with van der Waals surface area (Å²) in [4.78, 5) is 23.5. The van der Waals surface area contributed by atoms with E-state index in [1.165, 1.54) is 0 Å². The Bertz CT molecular complexity index is 576. The quantitative estimate of drug-likeness (QED) is 0.782. The van der Waals surface area contributed by atoms with Gasteiger partial charge in [-0.15, -0.1) is 0 Å². The van der Waals surface area contributed by atoms with E-state index in [1.807, 2.05) is 12.1 Å². The fourth-order valence-electron chi connectivity index (χ4n) is 2.60. The number of nitrogens with two attached hydrogens (primary N) is 1. The smallest absolute Gasteiger partial charge is 0.244 e. The van der Waals surface area contributed by atoms with Gasteiger partial charge in [0.2, 0.25) is 11.8 Å². The third-order valence-electron chi connectivity index (χ3n) is 4.17. The number of aryl methyl sites for hydroxylation is 1. The third-order valence-corrected chi connectivity index (χ3v) is 4.17. The van der Waals surface area contributed by atoms with E-state index in [4.69, 9.17) is 5.73 Å². The Kier molecular flexibility index (Phi) is 3.01. The van der Waals surface area contributed by atoms with Gasteiger partial charge < -0.3 is 16.4 Å². The van der Waals surface area contributed by atoms with Crippen LogP contribution in [0.25, 0.3) is 0 Å². The van der Waals surface area contributed by atoms with Gasteiger partial charge in [-0.1, -0.05) is 0 Å². The average molecular weight is 273 g/mol. The van der Waals surface area contributed by atoms with Crippen LogP contribution in [0, 0.1) is 5.92 Å². The van der Waals surface area contributed by atoms with Crippen LogP contribution in [0.5, 0.6) is 0 Å². The van der Waals surface area contributed by atoms with Gasteiger partial charge in [-0.3, -0.25) is 9.59 Å². The number of anilines is 2. The number of rotatable bonds is 3. The Hall–Kier alpha value is -1.88. The van der Waals surface area contributed by atoms with E-state index in [2.05, 4.69) is 10.6 Å². The first-order valence-corrected chi connectivity index (χ1v) is 7.00. The SMILES string of the molecule is CC(N)(C(=O)Nc1ccc2c(c1)CCC(=O)N2)C1CC1. The molecule has 3 rings (SSSR count). The van der Waals surface area contributed by atoms with Crippen LogP contribution in [0.1, 0.15) is 31.7 Å². The van der Waals surface area contributed by atoms with Gasteiger partial charge in [0.15, 0.2) is 0 Å². The van der Waals surface area contributed by atoms with E-state index in [0.29, 0.717) is 18.8 Å². The number of benzene rings is 1. The molecule has 4 N–H and O–H groups in total. The molecule has 1 aromatic carbocycles. The molecule has 106 valence electrons. The monoisotopic (exact) mass is 273 g/mol. The van der Waals surface area contributed by atoms with Gasteiger partial charge in [0.05, 0.1) is 5.54 Å². The molecule has 5 nitrogen and oxygen atoms in total. The van der Waals surface area contributed by atoms with Gasteiger partial charge in [0.1, 0.15) is 0 Å². The second kappa shape index (κ2) is 4.59. The molecule has 5 heteroatoms. The lowest BCUT2D eigenvalue weighted by Gasteiger charge is -2.24. The molecule has 0 aromatic heterocycles. The molecular weight excluding hydrogens is 254 g/mol. The van der Waals surface area contributed by atoms with E-state index >= 15 is 0 Å². The van der Waals surface area contributed by atoms with Crippen molar-refractivity contribution in [3.05, 3.63) is 23.8 Å². The van der Waals surface area contributed by atoms with Crippen LogP contribution in [0.4, 0.5) is 11.4 Å². The van der Waals surface area contributed by atoms with E-state index in [0.717, 1.165) is 29.8 Å². The van der Waals surface area contributed by atoms with Crippen molar-refractivity contribution < 1.29 is 9.59 Å². The molecule has 1 saturated carbocycles. The van der Waals surface area contributed by atoms with Gasteiger partial charge in [0, 0.05) is 17.8 Å². The summed E-state index contributed by atoms with van der Waals surface area (Å²) in [5.41, 5.74) is 7.92. The van der Waals surface area contributed by atoms with Crippen molar-refractivity contribution in [2.45, 2.75) is 38.1 Å². The minimum Gasteiger partial charge on any atom is -0.326 e. The van der Waals surface area contributed by atoms with E-state index < -0.39 is 5.54 Å². The first kappa shape index (κ1) is 13.1. The maximum Gasteiger partial charge on any atom is 0.244 e. The summed E-state index contributed by atoms with van der Waals surface area (Å²) in [7, 11) is 0. The number of nitrogens with one attached hydrogen (secondary N) is 2. The first-order valence-electron chi connectivity index (χ1n) is 7.00. The van der Waals surface area contributed by atoms with Gasteiger partial charge in [-0.05, 0) is 55.9 Å². The van der Waals surface area contributed by atoms with Crippen LogP contribution in [0.2, 0.25) is 0 Å². The molecule has 1 aliphatic heterocycles. The standard InChI is InChI=1S/C15H19N3O2/c1-15(16,10-3-4-10)14(20)17-11-5-6-12-9(8-11)2-7-13(19)18-12/h5-6,8,10H,2-4,7,16H2,1H3,(H,17,20)(H,18,19). The van der Waals surface area contributed by atoms with Crippen LogP contribution in [-0.4, -0.2) is 17.4 Å². The zero-order chi connectivity index (χ0) is 14.3. The lowest BCUT2D eigenvalue weighted by atomic mass is 9.96. The molecule has 2 amide bonds. The fourth-order valence-corrected chi connectivity index (χ4v) is 2.60. The van der Waals surface area contributed by atoms with Crippen LogP contribution in [-0.2, 0) is 16.0 Å². The van der Waals surface area contributed by atoms with Crippen LogP contribution < -0.4 is 16.4 Å². The molecule has 1 heterocycles. The Morgan fingerprint density at radius 1 is 1.40 bits per heavy atom. The Morgan fingerprint density at radius 3 is 2.85 bits per heavy atom. The number of hydrogen-bond donors (Lipinski definition) is 3. The van der Waals surface area contributed by atoms with Crippen molar-refractivity contribution in [1.82, 2.24) is 0 Å². The summed E-state index contributed by atoms with van der Waals surface area (Å²) in [6.07, 6.45) is 3.24. The minimum absolute atomic E-state index is 0.0394. The molecule has 0 saturated heterocycles. The van der Waals surface area contributed by atoms with Gasteiger partial charge >= 0.3 is 0 Å². The number of fused-ring (bicyclic) bond motifs is 1. The van der Waals surface area contributed by atoms with Gasteiger partial charge in [-0.2, -0.15) is 0 Å². The normalized spacial score (nSPS) is 20.6. The fraction of sp³-hybridized carbons (Fsp3) is 0.467. The maximum absolute atomic E-state index is 12.2. The molecule has 0 spiro atoms. The Morgan fingerprint density at radius 2 is 2.15 bits per heavy atom. The largest absolute Gasteiger partial charge is 0.326 e. The molecule has 1 atom stereocenters. The molecule has 2 aliphatic rings. The summed E-state index contributed by atoms with van der Waals surface area (Å²) in [5.74, 6) is 0.191. The van der Waals surface area contributed by atoms with Crippen molar-refractivity contribution in [3.63, 3.8) is 0 Å². The predicted molar refractivity (Wildman–Crippen MR) is 77.3 cm³/mol. The van der Waals surface area contributed by atoms with Crippen LogP contribution in [0.3, 0.4) is 0 Å². The van der Waals surface area contributed by atoms with Crippen molar-refractivity contribution in [1.29, 1.82) is 0 Å². The lowest BCUT2D eigenvalue weighted by molar-refractivity contribution is -0.121. The third kappa shape index (κ3) is 2.41. The molecule has 1 aromatic rings. The zero-order valence-electron chi connectivity index (χ0n) is 11.5. The molecule has 1 unspecified atom stereocenters. The molecule has 0 radical (unpaired) electrons. The van der Waals surface area contributed by atoms with E-state index in [1.54, 1.807) is 13.0 Å². The second-order valence-corrected chi connectivity index (χ2v) is 5.93. The highest BCUT2D eigenvalue weighted by Crippen LogP contribution is 2.38. The average Bonchev–Trinajstić information content (AvgIpc) is 3.23. The zero-order valence-corrected chi connectivity index (χ0v) is 11.5. The highest BCUT2D eigenvalue weighted by atomic mass is 16.2. The predicted octanol–water partition coefficient (Wildman–Crippen LogP) is 1.64. The molecule has 1 aliphatic carbocycles. The van der Waals surface area contributed by atoms with E-state index in [-0.39, 0.29) is 11.8 Å². The molecular formula is C15H19N3O2. The van der Waals surface area contributed by atoms with Gasteiger partial charge in [-0.25, -0.2) is 0 Å². The minimum atomic E-state index is -0.801. The van der Waals surface area contributed by atoms with Gasteiger partial charge in [0.25, 0.3) is 0 Å². The number of amides is 2. The number of hydrogen-bond acceptors (Lipinski definition) is 3. The van der Waals surface area contributed by atoms with Crippen molar-refractivity contribution in [2.24, 2.45) is 11.7 Å². The number of carbonyl (C=O) groups excluding carboxylic acids is 2. The summed E-state index contributed by atoms with van der Waals surface area (Å²) < 4.78 is 0. The summed E-state index contributed by atoms with van der Waals surface area (Å²) in [6.45, 7) is 1.79. The van der Waals surface area contributed by atoms with E-state index in [9.17, 15) is 9.59 Å². The summed E-state index contributed by atoms with van der Waals surface area (Å²) in [6, 6.07) is 5.54. The Labute approximate surface area is 117 Å². The van der Waals surface area contributed by atoms with Crippen molar-refractivity contribution in [3.8, 4) is 0 Å². The van der Waals surface area contributed by atoms with Crippen LogP contribution in [0.15, 0.2) is 18.2 Å². The van der Waals surface area contributed by atoms with Crippen molar-refractivity contribution >= 4 is 23.2 Å². The molecule has 1 fully saturated rings. The highest BCUT2D eigenvalue weighted by Gasteiger charge is 2.44. The first-order chi connectivity index (χ1) is 9.46. The Balaban J connectivity index is 1.75. The maximum atomic E-state index is 12.2. The topological polar surface area (TPSA) is 84.2 Å². The highest BCUT2D eigenvalue weighted by molar-refractivity contribution is 5.99. The molecule has 20 heavy (non-hydrogen) atoms. The number of carbonyl (C=O) groups is 2. The second-order valence-electron chi connectivity index (χ2n) is 5.93. The summed E-state index contributed by atoms with van der Waals surface area (Å²) >= 11 is 0. The molecule has 0 bridgehead atoms. The van der Waals surface area contributed by atoms with Crippen LogP contribution >= 0.6 is 0 Å².